The molecule has 1 aliphatic carbocycles. The van der Waals surface area contributed by atoms with Crippen LogP contribution in [0.25, 0.3) is 5.69 Å². The molecule has 1 saturated carbocycles. The van der Waals surface area contributed by atoms with Crippen molar-refractivity contribution in [1.29, 1.82) is 0 Å². The van der Waals surface area contributed by atoms with E-state index in [-0.39, 0.29) is 18.4 Å². The first-order chi connectivity index (χ1) is 14.5. The molecule has 0 atom stereocenters. The second-order valence-electron chi connectivity index (χ2n) is 7.68. The molecule has 0 bridgehead atoms. The minimum Gasteiger partial charge on any atom is -0.465 e. The lowest BCUT2D eigenvalue weighted by Gasteiger charge is -2.22. The van der Waals surface area contributed by atoms with Crippen molar-refractivity contribution in [2.75, 3.05) is 13.7 Å². The fraction of sp³-hybridized carbons (Fsp3) is 0.435. The molecule has 2 N–H and O–H groups in total. The molecule has 0 unspecified atom stereocenters. The SMILES string of the molecule is COC(=O)c1ccccc1-n1c(C)cc(/C=N\NC(=O)CNC2CCCCC2)c1C. The zero-order valence-electron chi connectivity index (χ0n) is 17.9. The predicted molar refractivity (Wildman–Crippen MR) is 117 cm³/mol. The van der Waals surface area contributed by atoms with Crippen LogP contribution in [0.4, 0.5) is 0 Å². The standard InChI is InChI=1S/C23H30N4O3/c1-16-13-18(14-25-26-22(28)15-24-19-9-5-4-6-10-19)17(2)27(16)21-12-8-7-11-20(21)23(29)30-3/h7-8,11-14,19,24H,4-6,9-10,15H2,1-3H3,(H,26,28)/b25-14-. The minimum absolute atomic E-state index is 0.151. The lowest BCUT2D eigenvalue weighted by molar-refractivity contribution is -0.120. The Morgan fingerprint density at radius 3 is 2.67 bits per heavy atom. The first-order valence-corrected chi connectivity index (χ1v) is 10.4. The number of amides is 1. The number of methoxy groups -OCH3 is 1. The Bertz CT molecular complexity index is 927. The van der Waals surface area contributed by atoms with Gasteiger partial charge in [0.2, 0.25) is 0 Å². The van der Waals surface area contributed by atoms with Crippen LogP contribution < -0.4 is 10.7 Å². The zero-order chi connectivity index (χ0) is 21.5. The molecule has 3 rings (SSSR count). The van der Waals surface area contributed by atoms with Crippen molar-refractivity contribution >= 4 is 18.1 Å². The monoisotopic (exact) mass is 410 g/mol. The Labute approximate surface area is 177 Å². The predicted octanol–water partition coefficient (Wildman–Crippen LogP) is 3.25. The largest absolute Gasteiger partial charge is 0.465 e. The molecule has 0 saturated heterocycles. The van der Waals surface area contributed by atoms with Gasteiger partial charge in [0.05, 0.1) is 31.1 Å². The van der Waals surface area contributed by atoms with E-state index in [1.54, 1.807) is 12.3 Å². The van der Waals surface area contributed by atoms with E-state index in [1.807, 2.05) is 42.7 Å². The molecule has 0 aliphatic heterocycles. The number of hydrogen-bond acceptors (Lipinski definition) is 5. The number of ether oxygens (including phenoxy) is 1. The van der Waals surface area contributed by atoms with Gasteiger partial charge in [-0.25, -0.2) is 10.2 Å². The number of hydrogen-bond donors (Lipinski definition) is 2. The third-order valence-electron chi connectivity index (χ3n) is 5.57. The summed E-state index contributed by atoms with van der Waals surface area (Å²) in [6.45, 7) is 4.19. The fourth-order valence-corrected chi connectivity index (χ4v) is 4.00. The smallest absolute Gasteiger partial charge is 0.339 e. The van der Waals surface area contributed by atoms with Crippen LogP contribution in [0.2, 0.25) is 0 Å². The number of benzene rings is 1. The van der Waals surface area contributed by atoms with Crippen LogP contribution in [-0.2, 0) is 9.53 Å². The molecule has 1 amide bonds. The van der Waals surface area contributed by atoms with Crippen molar-refractivity contribution in [1.82, 2.24) is 15.3 Å². The number of carbonyl (C=O) groups is 2. The summed E-state index contributed by atoms with van der Waals surface area (Å²) in [5, 5.41) is 7.42. The highest BCUT2D eigenvalue weighted by atomic mass is 16.5. The third-order valence-corrected chi connectivity index (χ3v) is 5.57. The Kier molecular flexibility index (Phi) is 7.41. The molecule has 1 aliphatic rings. The second kappa shape index (κ2) is 10.2. The van der Waals surface area contributed by atoms with Gasteiger partial charge in [0, 0.05) is 23.0 Å². The number of esters is 1. The van der Waals surface area contributed by atoms with Crippen LogP contribution in [0, 0.1) is 13.8 Å². The van der Waals surface area contributed by atoms with Crippen molar-refractivity contribution in [2.45, 2.75) is 52.0 Å². The quantitative estimate of drug-likeness (QED) is 0.417. The molecule has 2 aromatic rings. The lowest BCUT2D eigenvalue weighted by Crippen LogP contribution is -2.38. The maximum absolute atomic E-state index is 12.1. The molecular weight excluding hydrogens is 380 g/mol. The molecular formula is C23H30N4O3. The van der Waals surface area contributed by atoms with Crippen LogP contribution in [-0.4, -0.2) is 42.4 Å². The average molecular weight is 411 g/mol. The average Bonchev–Trinajstić information content (AvgIpc) is 3.05. The summed E-state index contributed by atoms with van der Waals surface area (Å²) >= 11 is 0. The zero-order valence-corrected chi connectivity index (χ0v) is 17.9. The molecule has 1 heterocycles. The van der Waals surface area contributed by atoms with Crippen molar-refractivity contribution in [3.63, 3.8) is 0 Å². The van der Waals surface area contributed by atoms with Crippen LogP contribution >= 0.6 is 0 Å². The van der Waals surface area contributed by atoms with Gasteiger partial charge in [-0.2, -0.15) is 5.10 Å². The van der Waals surface area contributed by atoms with E-state index in [0.717, 1.165) is 35.5 Å². The summed E-state index contributed by atoms with van der Waals surface area (Å²) in [5.41, 5.74) is 6.57. The van der Waals surface area contributed by atoms with E-state index in [2.05, 4.69) is 15.8 Å². The van der Waals surface area contributed by atoms with Crippen molar-refractivity contribution in [2.24, 2.45) is 5.10 Å². The molecule has 7 heteroatoms. The Morgan fingerprint density at radius 2 is 1.93 bits per heavy atom. The summed E-state index contributed by atoms with van der Waals surface area (Å²) in [6.07, 6.45) is 7.65. The normalized spacial score (nSPS) is 14.8. The molecule has 1 aromatic carbocycles. The number of aromatic nitrogens is 1. The number of nitrogens with one attached hydrogen (secondary N) is 2. The van der Waals surface area contributed by atoms with Crippen molar-refractivity contribution in [3.8, 4) is 5.69 Å². The molecule has 30 heavy (non-hydrogen) atoms. The van der Waals surface area contributed by atoms with Gasteiger partial charge in [0.25, 0.3) is 5.91 Å². The summed E-state index contributed by atoms with van der Waals surface area (Å²) < 4.78 is 6.90. The first kappa shape index (κ1) is 21.8. The van der Waals surface area contributed by atoms with Gasteiger partial charge in [-0.1, -0.05) is 31.4 Å². The van der Waals surface area contributed by atoms with E-state index >= 15 is 0 Å². The van der Waals surface area contributed by atoms with Crippen LogP contribution in [0.1, 0.15) is 59.4 Å². The van der Waals surface area contributed by atoms with Crippen LogP contribution in [0.15, 0.2) is 35.4 Å². The van der Waals surface area contributed by atoms with Gasteiger partial charge in [0.1, 0.15) is 0 Å². The number of hydrazone groups is 1. The van der Waals surface area contributed by atoms with Gasteiger partial charge in [0.15, 0.2) is 0 Å². The van der Waals surface area contributed by atoms with Crippen molar-refractivity contribution < 1.29 is 14.3 Å². The number of rotatable bonds is 7. The van der Waals surface area contributed by atoms with Crippen LogP contribution in [0.3, 0.4) is 0 Å². The Hall–Kier alpha value is -2.93. The van der Waals surface area contributed by atoms with E-state index in [4.69, 9.17) is 4.74 Å². The second-order valence-corrected chi connectivity index (χ2v) is 7.68. The van der Waals surface area contributed by atoms with Crippen molar-refractivity contribution in [3.05, 3.63) is 52.8 Å². The fourth-order valence-electron chi connectivity index (χ4n) is 4.00. The van der Waals surface area contributed by atoms with E-state index in [1.165, 1.54) is 26.4 Å². The van der Waals surface area contributed by atoms with E-state index < -0.39 is 0 Å². The van der Waals surface area contributed by atoms with E-state index in [9.17, 15) is 9.59 Å². The molecule has 1 aromatic heterocycles. The lowest BCUT2D eigenvalue weighted by atomic mass is 9.95. The van der Waals surface area contributed by atoms with Gasteiger partial charge < -0.3 is 14.6 Å². The minimum atomic E-state index is -0.383. The van der Waals surface area contributed by atoms with E-state index in [0.29, 0.717) is 11.6 Å². The van der Waals surface area contributed by atoms with Gasteiger partial charge in [-0.15, -0.1) is 0 Å². The summed E-state index contributed by atoms with van der Waals surface area (Å²) in [5.74, 6) is -0.535. The number of carbonyl (C=O) groups excluding carboxylic acids is 2. The van der Waals surface area contributed by atoms with Crippen LogP contribution in [0.5, 0.6) is 0 Å². The first-order valence-electron chi connectivity index (χ1n) is 10.4. The summed E-state index contributed by atoms with van der Waals surface area (Å²) in [6, 6.07) is 9.72. The Balaban J connectivity index is 1.67. The number of aryl methyl sites for hydroxylation is 1. The van der Waals surface area contributed by atoms with Gasteiger partial charge >= 0.3 is 5.97 Å². The van der Waals surface area contributed by atoms with Gasteiger partial charge in [-0.3, -0.25) is 4.79 Å². The summed E-state index contributed by atoms with van der Waals surface area (Å²) in [4.78, 5) is 24.2. The molecule has 1 fully saturated rings. The molecule has 7 nitrogen and oxygen atoms in total. The molecule has 160 valence electrons. The maximum Gasteiger partial charge on any atom is 0.339 e. The maximum atomic E-state index is 12.1. The number of nitrogens with zero attached hydrogens (tertiary/aromatic N) is 2. The number of para-hydroxylation sites is 1. The Morgan fingerprint density at radius 1 is 1.20 bits per heavy atom. The molecule has 0 spiro atoms. The highest BCUT2D eigenvalue weighted by Gasteiger charge is 2.17. The summed E-state index contributed by atoms with van der Waals surface area (Å²) in [7, 11) is 1.37. The molecule has 0 radical (unpaired) electrons. The third kappa shape index (κ3) is 5.16. The highest BCUT2D eigenvalue weighted by molar-refractivity contribution is 5.94. The van der Waals surface area contributed by atoms with Gasteiger partial charge in [-0.05, 0) is 44.9 Å². The highest BCUT2D eigenvalue weighted by Crippen LogP contribution is 2.23. The topological polar surface area (TPSA) is 84.7 Å².